The van der Waals surface area contributed by atoms with E-state index in [1.807, 2.05) is 6.92 Å². The van der Waals surface area contributed by atoms with E-state index >= 15 is 0 Å². The lowest BCUT2D eigenvalue weighted by Gasteiger charge is -2.39. The molecule has 210 valence electrons. The third-order valence-corrected chi connectivity index (χ3v) is 7.88. The molecule has 7 heteroatoms. The van der Waals surface area contributed by atoms with E-state index in [1.54, 1.807) is 0 Å². The van der Waals surface area contributed by atoms with Crippen molar-refractivity contribution in [1.82, 2.24) is 0 Å². The molecule has 3 unspecified atom stereocenters. The Hall–Kier alpha value is -0.210. The van der Waals surface area contributed by atoms with Crippen LogP contribution < -0.4 is 0 Å². The summed E-state index contributed by atoms with van der Waals surface area (Å²) in [6, 6.07) is 0. The molecule has 35 heavy (non-hydrogen) atoms. The normalized spacial score (nSPS) is 21.9. The number of ether oxygens (including phenoxy) is 3. The highest BCUT2D eigenvalue weighted by Gasteiger charge is 2.35. The minimum absolute atomic E-state index is 0.175. The molecule has 0 radical (unpaired) electrons. The van der Waals surface area contributed by atoms with E-state index in [-0.39, 0.29) is 25.7 Å². The summed E-state index contributed by atoms with van der Waals surface area (Å²) >= 11 is 0. The summed E-state index contributed by atoms with van der Waals surface area (Å²) in [5.74, 6) is -0.497. The Kier molecular flexibility index (Phi) is 18.6. The summed E-state index contributed by atoms with van der Waals surface area (Å²) in [5, 5.41) is 0. The van der Waals surface area contributed by atoms with Gasteiger partial charge in [-0.1, -0.05) is 110 Å². The van der Waals surface area contributed by atoms with E-state index in [4.69, 9.17) is 14.2 Å². The Bertz CT molecular complexity index is 596. The van der Waals surface area contributed by atoms with E-state index < -0.39 is 21.7 Å². The van der Waals surface area contributed by atoms with Gasteiger partial charge in [-0.15, -0.1) is 0 Å². The van der Waals surface area contributed by atoms with E-state index in [0.717, 1.165) is 12.8 Å². The average molecular weight is 520 g/mol. The van der Waals surface area contributed by atoms with Crippen LogP contribution in [0.4, 0.5) is 0 Å². The zero-order chi connectivity index (χ0) is 25.8. The number of rotatable bonds is 23. The van der Waals surface area contributed by atoms with Gasteiger partial charge in [0.05, 0.1) is 22.8 Å². The fraction of sp³-hybridized carbons (Fsp3) is 1.00. The molecule has 3 atom stereocenters. The summed E-state index contributed by atoms with van der Waals surface area (Å²) < 4.78 is 50.1. The maximum absolute atomic E-state index is 10.7. The topological polar surface area (TPSA) is 84.9 Å². The minimum atomic E-state index is -4.19. The van der Waals surface area contributed by atoms with Gasteiger partial charge in [0.15, 0.2) is 5.79 Å². The van der Waals surface area contributed by atoms with Crippen molar-refractivity contribution in [3.8, 4) is 0 Å². The van der Waals surface area contributed by atoms with Gasteiger partial charge in [0.2, 0.25) is 0 Å². The van der Waals surface area contributed by atoms with Crippen LogP contribution >= 0.6 is 0 Å². The van der Waals surface area contributed by atoms with Crippen LogP contribution in [-0.4, -0.2) is 50.4 Å². The quantitative estimate of drug-likeness (QED) is 0.104. The van der Waals surface area contributed by atoms with Crippen LogP contribution in [0.3, 0.4) is 0 Å². The van der Waals surface area contributed by atoms with Crippen LogP contribution in [0, 0.1) is 5.92 Å². The fourth-order valence-electron chi connectivity index (χ4n) is 5.04. The molecule has 1 fully saturated rings. The summed E-state index contributed by atoms with van der Waals surface area (Å²) in [5.41, 5.74) is 0. The van der Waals surface area contributed by atoms with Gasteiger partial charge in [-0.25, -0.2) is 8.42 Å². The molecule has 1 saturated heterocycles. The maximum atomic E-state index is 10.7. The Morgan fingerprint density at radius 2 is 1.43 bits per heavy atom. The molecule has 0 bridgehead atoms. The van der Waals surface area contributed by atoms with Gasteiger partial charge in [-0.05, 0) is 32.1 Å². The van der Waals surface area contributed by atoms with Crippen LogP contribution in [0.25, 0.3) is 0 Å². The molecule has 6 nitrogen and oxygen atoms in total. The molecule has 0 aliphatic carbocycles. The van der Waals surface area contributed by atoms with Crippen molar-refractivity contribution in [1.29, 1.82) is 0 Å². The van der Waals surface area contributed by atoms with Crippen molar-refractivity contribution >= 4 is 10.1 Å². The molecular weight excluding hydrogens is 464 g/mol. The molecule has 1 rings (SSSR count). The summed E-state index contributed by atoms with van der Waals surface area (Å²) in [6.45, 7) is 7.56. The molecule has 1 aliphatic rings. The van der Waals surface area contributed by atoms with Crippen molar-refractivity contribution in [2.75, 3.05) is 25.6 Å². The molecule has 0 aromatic carbocycles. The minimum Gasteiger partial charge on any atom is -0.748 e. The lowest BCUT2D eigenvalue weighted by atomic mass is 9.88. The molecule has 1 heterocycles. The van der Waals surface area contributed by atoms with Crippen molar-refractivity contribution < 1.29 is 27.2 Å². The first-order valence-electron chi connectivity index (χ1n) is 14.6. The Balaban J connectivity index is 2.43. The highest BCUT2D eigenvalue weighted by Crippen LogP contribution is 2.31. The first-order chi connectivity index (χ1) is 16.8. The van der Waals surface area contributed by atoms with Gasteiger partial charge in [0.25, 0.3) is 0 Å². The van der Waals surface area contributed by atoms with E-state index in [0.29, 0.717) is 12.5 Å². The largest absolute Gasteiger partial charge is 0.748 e. The van der Waals surface area contributed by atoms with Gasteiger partial charge in [0.1, 0.15) is 6.61 Å². The third kappa shape index (κ3) is 18.7. The highest BCUT2D eigenvalue weighted by atomic mass is 32.2. The number of hydrogen-bond acceptors (Lipinski definition) is 6. The summed E-state index contributed by atoms with van der Waals surface area (Å²) in [4.78, 5) is 0. The standard InChI is InChI=1S/C28H56O6S/c1-4-6-8-10-12-14-16-19-26(18-15-13-11-9-7-5-2)24-27-20-22-33-28(3,34-27)25-32-21-17-23-35(29,30)31/h26-27H,4-25H2,1-3H3,(H,29,30,31)/p-1. The molecule has 0 spiro atoms. The summed E-state index contributed by atoms with van der Waals surface area (Å²) in [7, 11) is -4.19. The van der Waals surface area contributed by atoms with Crippen LogP contribution in [0.15, 0.2) is 0 Å². The molecular formula is C28H55O6S-. The van der Waals surface area contributed by atoms with Gasteiger partial charge in [-0.2, -0.15) is 0 Å². The average Bonchev–Trinajstić information content (AvgIpc) is 2.79. The zero-order valence-corrected chi connectivity index (χ0v) is 23.9. The van der Waals surface area contributed by atoms with Crippen molar-refractivity contribution in [2.45, 2.75) is 148 Å². The molecule has 0 amide bonds. The maximum Gasteiger partial charge on any atom is 0.189 e. The number of unbranched alkanes of at least 4 members (excludes halogenated alkanes) is 11. The molecule has 0 aromatic heterocycles. The van der Waals surface area contributed by atoms with Crippen molar-refractivity contribution in [3.05, 3.63) is 0 Å². The molecule has 0 aromatic rings. The highest BCUT2D eigenvalue weighted by molar-refractivity contribution is 7.85. The second-order valence-corrected chi connectivity index (χ2v) is 12.3. The SMILES string of the molecule is CCCCCCCCCC(CCCCCCCC)CC1CCOC(C)(COCCCS(=O)(=O)[O-])O1. The first kappa shape index (κ1) is 32.8. The second-order valence-electron chi connectivity index (χ2n) is 10.7. The Labute approximate surface area is 217 Å². The van der Waals surface area contributed by atoms with Crippen molar-refractivity contribution in [2.24, 2.45) is 5.92 Å². The van der Waals surface area contributed by atoms with Gasteiger partial charge in [0, 0.05) is 12.4 Å². The van der Waals surface area contributed by atoms with Crippen LogP contribution in [0.1, 0.15) is 136 Å². The molecule has 0 saturated carbocycles. The van der Waals surface area contributed by atoms with E-state index in [1.165, 1.54) is 96.3 Å². The van der Waals surface area contributed by atoms with Crippen molar-refractivity contribution in [3.63, 3.8) is 0 Å². The molecule has 1 aliphatic heterocycles. The first-order valence-corrected chi connectivity index (χ1v) is 16.2. The Morgan fingerprint density at radius 3 is 1.97 bits per heavy atom. The lowest BCUT2D eigenvalue weighted by Crippen LogP contribution is -2.46. The third-order valence-electron chi connectivity index (χ3n) is 7.09. The smallest absolute Gasteiger partial charge is 0.189 e. The van der Waals surface area contributed by atoms with Gasteiger partial charge in [-0.3, -0.25) is 0 Å². The predicted molar refractivity (Wildman–Crippen MR) is 143 cm³/mol. The van der Waals surface area contributed by atoms with Crippen LogP contribution in [0.5, 0.6) is 0 Å². The van der Waals surface area contributed by atoms with Gasteiger partial charge < -0.3 is 18.8 Å². The predicted octanol–water partition coefficient (Wildman–Crippen LogP) is 7.36. The van der Waals surface area contributed by atoms with E-state index in [2.05, 4.69) is 13.8 Å². The van der Waals surface area contributed by atoms with Crippen LogP contribution in [0.2, 0.25) is 0 Å². The zero-order valence-electron chi connectivity index (χ0n) is 23.1. The van der Waals surface area contributed by atoms with Gasteiger partial charge >= 0.3 is 0 Å². The second kappa shape index (κ2) is 19.8. The Morgan fingerprint density at radius 1 is 0.886 bits per heavy atom. The number of hydrogen-bond donors (Lipinski definition) is 0. The monoisotopic (exact) mass is 519 g/mol. The summed E-state index contributed by atoms with van der Waals surface area (Å²) in [6.07, 6.45) is 22.4. The molecule has 0 N–H and O–H groups in total. The lowest BCUT2D eigenvalue weighted by molar-refractivity contribution is -0.303. The van der Waals surface area contributed by atoms with Crippen LogP contribution in [-0.2, 0) is 24.3 Å². The van der Waals surface area contributed by atoms with E-state index in [9.17, 15) is 13.0 Å². The fourth-order valence-corrected chi connectivity index (χ4v) is 5.52.